The van der Waals surface area contributed by atoms with Crippen LogP contribution in [0.25, 0.3) is 0 Å². The first kappa shape index (κ1) is 27.1. The van der Waals surface area contributed by atoms with Crippen LogP contribution in [0.2, 0.25) is 0 Å². The monoisotopic (exact) mass is 580 g/mol. The first-order chi connectivity index (χ1) is 17.2. The van der Waals surface area contributed by atoms with E-state index in [0.29, 0.717) is 56.0 Å². The molecule has 2 atom stereocenters. The van der Waals surface area contributed by atoms with E-state index in [4.69, 9.17) is 14.2 Å². The second-order valence-electron chi connectivity index (χ2n) is 9.34. The summed E-state index contributed by atoms with van der Waals surface area (Å²) in [7, 11) is -0.241. The number of halogens is 1. The maximum absolute atomic E-state index is 13.3. The minimum Gasteiger partial charge on any atom is -0.486 e. The van der Waals surface area contributed by atoms with E-state index in [1.165, 1.54) is 4.31 Å². The summed E-state index contributed by atoms with van der Waals surface area (Å²) >= 11 is 3.49. The summed E-state index contributed by atoms with van der Waals surface area (Å²) < 4.78 is 45.5. The Balaban J connectivity index is 1.44. The molecule has 0 bridgehead atoms. The summed E-state index contributed by atoms with van der Waals surface area (Å²) in [6.07, 6.45) is 0.725. The van der Waals surface area contributed by atoms with E-state index >= 15 is 0 Å². The molecule has 0 N–H and O–H groups in total. The van der Waals surface area contributed by atoms with Gasteiger partial charge in [-0.2, -0.15) is 0 Å². The van der Waals surface area contributed by atoms with Crippen molar-refractivity contribution >= 4 is 31.9 Å². The summed E-state index contributed by atoms with van der Waals surface area (Å²) in [6, 6.07) is 12.8. The molecule has 8 nitrogen and oxygen atoms in total. The number of carbonyl (C=O) groups is 1. The Kier molecular flexibility index (Phi) is 8.72. The molecular formula is C26H33BrN2O6S. The summed E-state index contributed by atoms with van der Waals surface area (Å²) in [5.41, 5.74) is 2.18. The lowest BCUT2D eigenvalue weighted by molar-refractivity contribution is 0.0339. The van der Waals surface area contributed by atoms with Crippen LogP contribution in [-0.4, -0.2) is 82.2 Å². The Morgan fingerprint density at radius 2 is 1.83 bits per heavy atom. The number of likely N-dealkylation sites (tertiary alicyclic amines) is 1. The standard InChI is InChI=1S/C26H33BrN2O6S/c1-18-6-4-9-22(27)25(18)26(30)29-15-23(33-3)24(16-29)35-21-8-5-7-19(14-21)17-36(31,32)28(2)20-10-12-34-13-11-20/h4-9,14,20,23-24H,10-13,15-17H2,1-3H3. The first-order valence-corrected chi connectivity index (χ1v) is 14.5. The van der Waals surface area contributed by atoms with E-state index in [-0.39, 0.29) is 29.9 Å². The number of rotatable bonds is 8. The maximum atomic E-state index is 13.3. The van der Waals surface area contributed by atoms with Gasteiger partial charge in [0.2, 0.25) is 10.0 Å². The zero-order valence-corrected chi connectivity index (χ0v) is 23.3. The number of hydrogen-bond donors (Lipinski definition) is 0. The van der Waals surface area contributed by atoms with Crippen molar-refractivity contribution in [3.63, 3.8) is 0 Å². The van der Waals surface area contributed by atoms with E-state index in [1.807, 2.05) is 25.1 Å². The number of nitrogens with zero attached hydrogens (tertiary/aromatic N) is 2. The fourth-order valence-corrected chi connectivity index (χ4v) is 6.89. The van der Waals surface area contributed by atoms with E-state index in [0.717, 1.165) is 10.0 Å². The summed E-state index contributed by atoms with van der Waals surface area (Å²) in [6.45, 7) is 3.85. The van der Waals surface area contributed by atoms with Crippen LogP contribution in [0, 0.1) is 6.92 Å². The van der Waals surface area contributed by atoms with Crippen LogP contribution >= 0.6 is 15.9 Å². The molecule has 2 aromatic carbocycles. The largest absolute Gasteiger partial charge is 0.486 e. The average Bonchev–Trinajstić information content (AvgIpc) is 3.26. The van der Waals surface area contributed by atoms with Crippen LogP contribution in [0.1, 0.15) is 34.3 Å². The molecule has 2 fully saturated rings. The number of amides is 1. The highest BCUT2D eigenvalue weighted by atomic mass is 79.9. The smallest absolute Gasteiger partial charge is 0.255 e. The number of methoxy groups -OCH3 is 1. The molecule has 196 valence electrons. The third-order valence-corrected chi connectivity index (χ3v) is 9.45. The molecule has 2 aromatic rings. The van der Waals surface area contributed by atoms with Crippen LogP contribution in [0.3, 0.4) is 0 Å². The quantitative estimate of drug-likeness (QED) is 0.474. The van der Waals surface area contributed by atoms with Gasteiger partial charge in [-0.3, -0.25) is 4.79 Å². The van der Waals surface area contributed by atoms with Crippen molar-refractivity contribution in [3.05, 3.63) is 63.6 Å². The van der Waals surface area contributed by atoms with Crippen LogP contribution in [0.5, 0.6) is 5.75 Å². The molecule has 0 spiro atoms. The topological polar surface area (TPSA) is 85.4 Å². The number of aryl methyl sites for hydroxylation is 1. The molecule has 2 unspecified atom stereocenters. The number of benzene rings is 2. The van der Waals surface area contributed by atoms with Crippen molar-refractivity contribution in [1.82, 2.24) is 9.21 Å². The number of carbonyl (C=O) groups excluding carboxylic acids is 1. The zero-order valence-electron chi connectivity index (χ0n) is 20.9. The molecular weight excluding hydrogens is 548 g/mol. The third-order valence-electron chi connectivity index (χ3n) is 6.92. The molecule has 0 aromatic heterocycles. The normalized spacial score (nSPS) is 21.2. The predicted molar refractivity (Wildman–Crippen MR) is 141 cm³/mol. The van der Waals surface area contributed by atoms with Gasteiger partial charge in [0.25, 0.3) is 5.91 Å². The highest BCUT2D eigenvalue weighted by molar-refractivity contribution is 9.10. The van der Waals surface area contributed by atoms with Gasteiger partial charge in [0.05, 0.1) is 24.4 Å². The van der Waals surface area contributed by atoms with Gasteiger partial charge in [0.1, 0.15) is 18.0 Å². The van der Waals surface area contributed by atoms with Gasteiger partial charge >= 0.3 is 0 Å². The lowest BCUT2D eigenvalue weighted by Crippen LogP contribution is -2.41. The van der Waals surface area contributed by atoms with E-state index in [1.54, 1.807) is 43.3 Å². The number of ether oxygens (including phenoxy) is 3. The van der Waals surface area contributed by atoms with Crippen LogP contribution in [0.4, 0.5) is 0 Å². The van der Waals surface area contributed by atoms with Gasteiger partial charge in [-0.1, -0.05) is 24.3 Å². The van der Waals surface area contributed by atoms with Crippen LogP contribution < -0.4 is 4.74 Å². The summed E-state index contributed by atoms with van der Waals surface area (Å²) in [5.74, 6) is 0.362. The van der Waals surface area contributed by atoms with Crippen molar-refractivity contribution in [2.75, 3.05) is 40.5 Å². The van der Waals surface area contributed by atoms with Crippen molar-refractivity contribution in [2.45, 2.75) is 43.8 Å². The molecule has 10 heteroatoms. The van der Waals surface area contributed by atoms with Gasteiger partial charge in [-0.15, -0.1) is 0 Å². The van der Waals surface area contributed by atoms with Crippen LogP contribution in [0.15, 0.2) is 46.9 Å². The summed E-state index contributed by atoms with van der Waals surface area (Å²) in [5, 5.41) is 0. The van der Waals surface area contributed by atoms with Gasteiger partial charge in [-0.05, 0) is 65.0 Å². The van der Waals surface area contributed by atoms with E-state index < -0.39 is 10.0 Å². The minimum absolute atomic E-state index is 0.0408. The minimum atomic E-state index is -3.49. The van der Waals surface area contributed by atoms with E-state index in [9.17, 15) is 13.2 Å². The Morgan fingerprint density at radius 1 is 1.14 bits per heavy atom. The van der Waals surface area contributed by atoms with Crippen LogP contribution in [-0.2, 0) is 25.2 Å². The van der Waals surface area contributed by atoms with Crippen molar-refractivity contribution in [3.8, 4) is 5.75 Å². The molecule has 4 rings (SSSR count). The first-order valence-electron chi connectivity index (χ1n) is 12.1. The van der Waals surface area contributed by atoms with Crippen molar-refractivity contribution in [1.29, 1.82) is 0 Å². The third kappa shape index (κ3) is 6.11. The van der Waals surface area contributed by atoms with Gasteiger partial charge < -0.3 is 19.1 Å². The molecule has 36 heavy (non-hydrogen) atoms. The SMILES string of the molecule is COC1CN(C(=O)c2c(C)cccc2Br)CC1Oc1cccc(CS(=O)(=O)N(C)C2CCOCC2)c1. The number of sulfonamides is 1. The molecule has 1 amide bonds. The van der Waals surface area contributed by atoms with Crippen molar-refractivity contribution < 1.29 is 27.4 Å². The summed E-state index contributed by atoms with van der Waals surface area (Å²) in [4.78, 5) is 15.0. The van der Waals surface area contributed by atoms with Gasteiger partial charge in [-0.25, -0.2) is 12.7 Å². The van der Waals surface area contributed by atoms with Crippen molar-refractivity contribution in [2.24, 2.45) is 0 Å². The highest BCUT2D eigenvalue weighted by Gasteiger charge is 2.38. The van der Waals surface area contributed by atoms with Gasteiger partial charge in [0, 0.05) is 37.9 Å². The molecule has 2 aliphatic heterocycles. The highest BCUT2D eigenvalue weighted by Crippen LogP contribution is 2.27. The molecule has 2 aliphatic rings. The maximum Gasteiger partial charge on any atom is 0.255 e. The molecule has 2 saturated heterocycles. The van der Waals surface area contributed by atoms with Gasteiger partial charge in [0.15, 0.2) is 0 Å². The lowest BCUT2D eigenvalue weighted by atomic mass is 10.1. The second kappa shape index (κ2) is 11.6. The molecule has 2 heterocycles. The fraction of sp³-hybridized carbons (Fsp3) is 0.500. The second-order valence-corrected chi connectivity index (χ2v) is 12.2. The lowest BCUT2D eigenvalue weighted by Gasteiger charge is -2.30. The molecule has 0 saturated carbocycles. The predicted octanol–water partition coefficient (Wildman–Crippen LogP) is 3.62. The Morgan fingerprint density at radius 3 is 2.53 bits per heavy atom. The number of hydrogen-bond acceptors (Lipinski definition) is 6. The van der Waals surface area contributed by atoms with E-state index in [2.05, 4.69) is 15.9 Å². The molecule has 0 radical (unpaired) electrons. The Hall–Kier alpha value is -1.98. The Labute approximate surface area is 221 Å². The zero-order chi connectivity index (χ0) is 25.9. The fourth-order valence-electron chi connectivity index (χ4n) is 4.78. The average molecular weight is 582 g/mol. The molecule has 0 aliphatic carbocycles. The Bertz CT molecular complexity index is 1160.